The van der Waals surface area contributed by atoms with Crippen molar-refractivity contribution in [1.29, 1.82) is 0 Å². The molecule has 23 heavy (non-hydrogen) atoms. The number of para-hydroxylation sites is 1. The van der Waals surface area contributed by atoms with E-state index in [4.69, 9.17) is 9.47 Å². The number of rotatable bonds is 6. The number of hydrogen-bond donors (Lipinski definition) is 2. The lowest BCUT2D eigenvalue weighted by Gasteiger charge is -2.13. The van der Waals surface area contributed by atoms with Crippen molar-refractivity contribution in [2.75, 3.05) is 23.8 Å². The van der Waals surface area contributed by atoms with E-state index in [0.717, 1.165) is 0 Å². The Labute approximate surface area is 134 Å². The Morgan fingerprint density at radius 2 is 1.70 bits per heavy atom. The lowest BCUT2D eigenvalue weighted by Crippen LogP contribution is -2.20. The lowest BCUT2D eigenvalue weighted by atomic mass is 10.2. The number of carbonyl (C=O) groups is 1. The molecule has 0 spiro atoms. The number of ether oxygens (including phenoxy) is 2. The van der Waals surface area contributed by atoms with Crippen molar-refractivity contribution >= 4 is 17.4 Å². The van der Waals surface area contributed by atoms with E-state index >= 15 is 0 Å². The van der Waals surface area contributed by atoms with E-state index in [1.54, 1.807) is 30.3 Å². The number of anilines is 2. The van der Waals surface area contributed by atoms with E-state index in [9.17, 15) is 9.18 Å². The summed E-state index contributed by atoms with van der Waals surface area (Å²) in [5.41, 5.74) is 0.631. The summed E-state index contributed by atoms with van der Waals surface area (Å²) in [6.07, 6.45) is 0. The molecular weight excluding hydrogens is 299 g/mol. The zero-order chi connectivity index (χ0) is 16.7. The van der Waals surface area contributed by atoms with Crippen LogP contribution in [0.25, 0.3) is 0 Å². The van der Waals surface area contributed by atoms with Crippen LogP contribution >= 0.6 is 0 Å². The number of nitrogens with one attached hydrogen (secondary N) is 2. The number of halogens is 1. The first-order chi connectivity index (χ1) is 11.1. The van der Waals surface area contributed by atoms with Gasteiger partial charge in [-0.05, 0) is 38.1 Å². The van der Waals surface area contributed by atoms with Crippen LogP contribution in [0.3, 0.4) is 0 Å². The number of benzene rings is 2. The third-order valence-corrected chi connectivity index (χ3v) is 2.92. The predicted molar refractivity (Wildman–Crippen MR) is 87.8 cm³/mol. The molecule has 0 saturated heterocycles. The van der Waals surface area contributed by atoms with Gasteiger partial charge in [-0.25, -0.2) is 9.18 Å². The van der Waals surface area contributed by atoms with Crippen molar-refractivity contribution in [3.63, 3.8) is 0 Å². The largest absolute Gasteiger partial charge is 0.490 e. The average molecular weight is 318 g/mol. The van der Waals surface area contributed by atoms with Crippen molar-refractivity contribution in [1.82, 2.24) is 0 Å². The summed E-state index contributed by atoms with van der Waals surface area (Å²) >= 11 is 0. The van der Waals surface area contributed by atoms with Gasteiger partial charge in [0, 0.05) is 11.8 Å². The van der Waals surface area contributed by atoms with Gasteiger partial charge in [-0.1, -0.05) is 12.1 Å². The minimum Gasteiger partial charge on any atom is -0.490 e. The van der Waals surface area contributed by atoms with Crippen LogP contribution in [0.4, 0.5) is 20.6 Å². The van der Waals surface area contributed by atoms with Gasteiger partial charge < -0.3 is 20.1 Å². The van der Waals surface area contributed by atoms with Crippen molar-refractivity contribution in [2.45, 2.75) is 13.8 Å². The molecular formula is C17H19FN2O3. The first-order valence-corrected chi connectivity index (χ1v) is 7.36. The van der Waals surface area contributed by atoms with Gasteiger partial charge in [-0.3, -0.25) is 0 Å². The summed E-state index contributed by atoms with van der Waals surface area (Å²) in [6, 6.07) is 10.5. The maximum absolute atomic E-state index is 13.5. The zero-order valence-electron chi connectivity index (χ0n) is 13.1. The van der Waals surface area contributed by atoms with Crippen molar-refractivity contribution < 1.29 is 18.7 Å². The molecule has 0 fully saturated rings. The SMILES string of the molecule is CCOc1ccc(NC(=O)Nc2ccccc2F)cc1OCC. The highest BCUT2D eigenvalue weighted by Crippen LogP contribution is 2.30. The first kappa shape index (κ1) is 16.6. The van der Waals surface area contributed by atoms with Crippen LogP contribution in [0, 0.1) is 5.82 Å². The summed E-state index contributed by atoms with van der Waals surface area (Å²) in [4.78, 5) is 12.0. The van der Waals surface area contributed by atoms with Gasteiger partial charge in [0.05, 0.1) is 18.9 Å². The molecule has 2 aromatic rings. The minimum absolute atomic E-state index is 0.112. The zero-order valence-corrected chi connectivity index (χ0v) is 13.1. The molecule has 2 amide bonds. The molecule has 0 bridgehead atoms. The molecule has 5 nitrogen and oxygen atoms in total. The van der Waals surface area contributed by atoms with E-state index in [2.05, 4.69) is 10.6 Å². The molecule has 0 aliphatic carbocycles. The number of hydrogen-bond acceptors (Lipinski definition) is 3. The standard InChI is InChI=1S/C17H19FN2O3/c1-3-22-15-10-9-12(11-16(15)23-4-2)19-17(21)20-14-8-6-5-7-13(14)18/h5-11H,3-4H2,1-2H3,(H2,19,20,21). The Morgan fingerprint density at radius 1 is 1.00 bits per heavy atom. The van der Waals surface area contributed by atoms with Crippen LogP contribution in [0.15, 0.2) is 42.5 Å². The number of carbonyl (C=O) groups excluding carboxylic acids is 1. The summed E-state index contributed by atoms with van der Waals surface area (Å²) in [5, 5.41) is 5.09. The quantitative estimate of drug-likeness (QED) is 0.836. The topological polar surface area (TPSA) is 59.6 Å². The minimum atomic E-state index is -0.540. The Bertz CT molecular complexity index is 677. The molecule has 122 valence electrons. The Balaban J connectivity index is 2.08. The fourth-order valence-corrected chi connectivity index (χ4v) is 1.98. The Morgan fingerprint density at radius 3 is 2.39 bits per heavy atom. The summed E-state index contributed by atoms with van der Waals surface area (Å²) in [7, 11) is 0. The van der Waals surface area contributed by atoms with E-state index in [1.807, 2.05) is 13.8 Å². The molecule has 0 atom stereocenters. The monoisotopic (exact) mass is 318 g/mol. The molecule has 0 radical (unpaired) electrons. The number of amides is 2. The highest BCUT2D eigenvalue weighted by molar-refractivity contribution is 6.00. The van der Waals surface area contributed by atoms with Crippen molar-refractivity contribution in [2.24, 2.45) is 0 Å². The molecule has 0 heterocycles. The maximum atomic E-state index is 13.5. The molecule has 2 N–H and O–H groups in total. The van der Waals surface area contributed by atoms with E-state index in [-0.39, 0.29) is 5.69 Å². The van der Waals surface area contributed by atoms with Crippen molar-refractivity contribution in [3.05, 3.63) is 48.3 Å². The third-order valence-electron chi connectivity index (χ3n) is 2.92. The summed E-state index contributed by atoms with van der Waals surface area (Å²) < 4.78 is 24.5. The van der Waals surface area contributed by atoms with Crippen LogP contribution in [0.2, 0.25) is 0 Å². The highest BCUT2D eigenvalue weighted by atomic mass is 19.1. The molecule has 0 saturated carbocycles. The summed E-state index contributed by atoms with van der Waals surface area (Å²) in [5.74, 6) is 0.650. The van der Waals surface area contributed by atoms with E-state index < -0.39 is 11.8 Å². The molecule has 0 aromatic heterocycles. The molecule has 0 aliphatic rings. The second-order valence-corrected chi connectivity index (χ2v) is 4.59. The van der Waals surface area contributed by atoms with Gasteiger partial charge in [0.1, 0.15) is 5.82 Å². The van der Waals surface area contributed by atoms with Crippen molar-refractivity contribution in [3.8, 4) is 11.5 Å². The lowest BCUT2D eigenvalue weighted by molar-refractivity contribution is 0.262. The van der Waals surface area contributed by atoms with Crippen LogP contribution in [0.1, 0.15) is 13.8 Å². The fourth-order valence-electron chi connectivity index (χ4n) is 1.98. The van der Waals surface area contributed by atoms with E-state index in [1.165, 1.54) is 12.1 Å². The van der Waals surface area contributed by atoms with Gasteiger partial charge >= 0.3 is 6.03 Å². The second-order valence-electron chi connectivity index (χ2n) is 4.59. The Kier molecular flexibility index (Phi) is 5.80. The normalized spacial score (nSPS) is 10.0. The van der Waals surface area contributed by atoms with Gasteiger partial charge in [0.25, 0.3) is 0 Å². The molecule has 6 heteroatoms. The van der Waals surface area contributed by atoms with E-state index in [0.29, 0.717) is 30.4 Å². The Hall–Kier alpha value is -2.76. The van der Waals surface area contributed by atoms with Gasteiger partial charge in [0.2, 0.25) is 0 Å². The van der Waals surface area contributed by atoms with Crippen LogP contribution in [-0.4, -0.2) is 19.2 Å². The third kappa shape index (κ3) is 4.60. The average Bonchev–Trinajstić information content (AvgIpc) is 2.52. The molecule has 2 aromatic carbocycles. The molecule has 0 unspecified atom stereocenters. The maximum Gasteiger partial charge on any atom is 0.323 e. The van der Waals surface area contributed by atoms with Gasteiger partial charge in [0.15, 0.2) is 11.5 Å². The van der Waals surface area contributed by atoms with Gasteiger partial charge in [-0.15, -0.1) is 0 Å². The molecule has 2 rings (SSSR count). The first-order valence-electron chi connectivity index (χ1n) is 7.36. The smallest absolute Gasteiger partial charge is 0.323 e. The van der Waals surface area contributed by atoms with Crippen LogP contribution < -0.4 is 20.1 Å². The molecule has 0 aliphatic heterocycles. The summed E-state index contributed by atoms with van der Waals surface area (Å²) in [6.45, 7) is 4.73. The number of urea groups is 1. The fraction of sp³-hybridized carbons (Fsp3) is 0.235. The highest BCUT2D eigenvalue weighted by Gasteiger charge is 2.10. The van der Waals surface area contributed by atoms with Crippen LogP contribution in [-0.2, 0) is 0 Å². The van der Waals surface area contributed by atoms with Gasteiger partial charge in [-0.2, -0.15) is 0 Å². The second kappa shape index (κ2) is 8.03. The predicted octanol–water partition coefficient (Wildman–Crippen LogP) is 4.27. The van der Waals surface area contributed by atoms with Crippen LogP contribution in [0.5, 0.6) is 11.5 Å².